The fraction of sp³-hybridized carbons (Fsp3) is 0.250. The van der Waals surface area contributed by atoms with Crippen LogP contribution in [0.4, 0.5) is 0 Å². The second kappa shape index (κ2) is 5.65. The molecule has 1 aromatic heterocycles. The number of nitrogens with one attached hydrogen (secondary N) is 1. The van der Waals surface area contributed by atoms with Crippen molar-refractivity contribution in [2.75, 3.05) is 6.54 Å². The minimum atomic E-state index is -4.04. The maximum atomic E-state index is 11.6. The van der Waals surface area contributed by atoms with Gasteiger partial charge in [0.15, 0.2) is 0 Å². The summed E-state index contributed by atoms with van der Waals surface area (Å²) in [4.78, 5) is 21.9. The van der Waals surface area contributed by atoms with Crippen LogP contribution >= 0.6 is 22.9 Å². The number of hydrogen-bond acceptors (Lipinski definition) is 5. The number of carboxylic acid groups (broad SMARTS) is 1. The van der Waals surface area contributed by atoms with Crippen LogP contribution in [0.2, 0.25) is 4.34 Å². The molecule has 0 fully saturated rings. The topological polar surface area (TPSA) is 127 Å². The summed E-state index contributed by atoms with van der Waals surface area (Å²) in [5.74, 6) is -1.81. The third kappa shape index (κ3) is 3.95. The van der Waals surface area contributed by atoms with Crippen LogP contribution in [0.25, 0.3) is 0 Å². The van der Waals surface area contributed by atoms with Crippen molar-refractivity contribution in [3.05, 3.63) is 16.0 Å². The van der Waals surface area contributed by atoms with E-state index in [1.807, 2.05) is 0 Å². The number of rotatable bonds is 5. The minimum Gasteiger partial charge on any atom is -0.481 e. The number of carbonyl (C=O) groups is 2. The van der Waals surface area contributed by atoms with Crippen LogP contribution in [0.3, 0.4) is 0 Å². The van der Waals surface area contributed by atoms with Gasteiger partial charge in [-0.15, -0.1) is 11.3 Å². The summed E-state index contributed by atoms with van der Waals surface area (Å²) < 4.78 is 22.2. The molecule has 1 aromatic rings. The van der Waals surface area contributed by atoms with Gasteiger partial charge in [-0.3, -0.25) is 9.59 Å². The molecule has 0 aliphatic carbocycles. The summed E-state index contributed by atoms with van der Waals surface area (Å²) in [6, 6.07) is 1.17. The van der Waals surface area contributed by atoms with Crippen molar-refractivity contribution >= 4 is 44.8 Å². The first-order valence-corrected chi connectivity index (χ1v) is 7.28. The molecule has 1 rings (SSSR count). The van der Waals surface area contributed by atoms with Crippen LogP contribution in [0.5, 0.6) is 0 Å². The largest absolute Gasteiger partial charge is 0.481 e. The van der Waals surface area contributed by atoms with E-state index in [9.17, 15) is 18.0 Å². The molecule has 0 aliphatic rings. The standard InChI is InChI=1S/C8H9ClN2O5S2/c9-5-3-4(8(17-5)18(10,15)16)7(14)11-2-1-6(12)13/h3H,1-2H2,(H,11,14)(H,12,13)(H2,10,15,16). The minimum absolute atomic E-state index is 0.0995. The fourth-order valence-corrected chi connectivity index (χ4v) is 3.38. The van der Waals surface area contributed by atoms with Gasteiger partial charge >= 0.3 is 5.97 Å². The summed E-state index contributed by atoms with van der Waals surface area (Å²) >= 11 is 6.29. The van der Waals surface area contributed by atoms with Gasteiger partial charge in [0.05, 0.1) is 16.3 Å². The zero-order chi connectivity index (χ0) is 13.9. The second-order valence-electron chi connectivity index (χ2n) is 3.20. The van der Waals surface area contributed by atoms with E-state index in [1.165, 1.54) is 6.07 Å². The number of amides is 1. The van der Waals surface area contributed by atoms with E-state index in [0.717, 1.165) is 0 Å². The van der Waals surface area contributed by atoms with Gasteiger partial charge in [-0.05, 0) is 6.07 Å². The molecule has 0 aliphatic heterocycles. The quantitative estimate of drug-likeness (QED) is 0.718. The molecule has 0 spiro atoms. The number of aliphatic carboxylic acids is 1. The predicted molar refractivity (Wildman–Crippen MR) is 65.3 cm³/mol. The highest BCUT2D eigenvalue weighted by Crippen LogP contribution is 2.29. The number of carboxylic acids is 1. The Morgan fingerprint density at radius 3 is 2.61 bits per heavy atom. The Hall–Kier alpha value is -1.16. The van der Waals surface area contributed by atoms with Crippen LogP contribution in [-0.2, 0) is 14.8 Å². The molecule has 0 aromatic carbocycles. The lowest BCUT2D eigenvalue weighted by Gasteiger charge is -2.03. The Kier molecular flexibility index (Phi) is 4.68. The van der Waals surface area contributed by atoms with Gasteiger partial charge in [-0.25, -0.2) is 13.6 Å². The van der Waals surface area contributed by atoms with Gasteiger partial charge in [0.1, 0.15) is 4.21 Å². The first kappa shape index (κ1) is 14.9. The lowest BCUT2D eigenvalue weighted by atomic mass is 10.3. The van der Waals surface area contributed by atoms with E-state index in [1.54, 1.807) is 0 Å². The van der Waals surface area contributed by atoms with E-state index in [4.69, 9.17) is 21.8 Å². The number of carbonyl (C=O) groups excluding carboxylic acids is 1. The van der Waals surface area contributed by atoms with Gasteiger partial charge < -0.3 is 10.4 Å². The third-order valence-corrected chi connectivity index (χ3v) is 4.54. The van der Waals surface area contributed by atoms with Crippen LogP contribution in [0.1, 0.15) is 16.8 Å². The van der Waals surface area contributed by atoms with Crippen molar-refractivity contribution in [3.63, 3.8) is 0 Å². The van der Waals surface area contributed by atoms with Crippen molar-refractivity contribution < 1.29 is 23.1 Å². The number of nitrogens with two attached hydrogens (primary N) is 1. The average Bonchev–Trinajstić information content (AvgIpc) is 2.59. The van der Waals surface area contributed by atoms with E-state index < -0.39 is 21.9 Å². The fourth-order valence-electron chi connectivity index (χ4n) is 1.09. The van der Waals surface area contributed by atoms with Gasteiger partial charge in [-0.2, -0.15) is 0 Å². The number of sulfonamides is 1. The first-order chi connectivity index (χ1) is 8.21. The molecule has 1 heterocycles. The molecule has 0 radical (unpaired) electrons. The highest BCUT2D eigenvalue weighted by Gasteiger charge is 2.23. The summed E-state index contributed by atoms with van der Waals surface area (Å²) in [6.07, 6.45) is -0.270. The van der Waals surface area contributed by atoms with E-state index in [2.05, 4.69) is 5.32 Å². The maximum Gasteiger partial charge on any atom is 0.305 e. The molecule has 0 unspecified atom stereocenters. The number of primary sulfonamides is 1. The van der Waals surface area contributed by atoms with E-state index in [0.29, 0.717) is 11.3 Å². The van der Waals surface area contributed by atoms with Gasteiger partial charge in [0.2, 0.25) is 10.0 Å². The molecule has 0 atom stereocenters. The molecule has 7 nitrogen and oxygen atoms in total. The summed E-state index contributed by atoms with van der Waals surface area (Å²) in [7, 11) is -4.04. The maximum absolute atomic E-state index is 11.6. The van der Waals surface area contributed by atoms with Gasteiger partial charge in [0, 0.05) is 6.54 Å². The lowest BCUT2D eigenvalue weighted by Crippen LogP contribution is -2.27. The monoisotopic (exact) mass is 312 g/mol. The zero-order valence-electron chi connectivity index (χ0n) is 8.84. The molecule has 0 saturated carbocycles. The van der Waals surface area contributed by atoms with E-state index >= 15 is 0 Å². The molecule has 0 saturated heterocycles. The zero-order valence-corrected chi connectivity index (χ0v) is 11.2. The first-order valence-electron chi connectivity index (χ1n) is 4.54. The third-order valence-electron chi connectivity index (χ3n) is 1.80. The Balaban J connectivity index is 2.89. The molecular formula is C8H9ClN2O5S2. The van der Waals surface area contributed by atoms with Crippen LogP contribution in [0.15, 0.2) is 10.3 Å². The average molecular weight is 313 g/mol. The van der Waals surface area contributed by atoms with Crippen molar-refractivity contribution in [2.45, 2.75) is 10.6 Å². The molecule has 100 valence electrons. The SMILES string of the molecule is NS(=O)(=O)c1sc(Cl)cc1C(=O)NCCC(=O)O. The highest BCUT2D eigenvalue weighted by molar-refractivity contribution is 7.91. The second-order valence-corrected chi connectivity index (χ2v) is 6.64. The molecule has 10 heteroatoms. The summed E-state index contributed by atoms with van der Waals surface area (Å²) in [5.41, 5.74) is -0.183. The normalized spacial score (nSPS) is 11.2. The number of halogens is 1. The smallest absolute Gasteiger partial charge is 0.305 e. The van der Waals surface area contributed by atoms with Crippen LogP contribution in [-0.4, -0.2) is 31.9 Å². The molecule has 0 bridgehead atoms. The Morgan fingerprint density at radius 1 is 1.50 bits per heavy atom. The summed E-state index contributed by atoms with van der Waals surface area (Å²) in [5, 5.41) is 15.6. The van der Waals surface area contributed by atoms with Crippen molar-refractivity contribution in [2.24, 2.45) is 5.14 Å². The Bertz CT molecular complexity index is 580. The Morgan fingerprint density at radius 2 is 2.11 bits per heavy atom. The van der Waals surface area contributed by atoms with Gasteiger partial charge in [-0.1, -0.05) is 11.6 Å². The molecule has 18 heavy (non-hydrogen) atoms. The predicted octanol–water partition coefficient (Wildman–Crippen LogP) is 0.253. The van der Waals surface area contributed by atoms with Crippen molar-refractivity contribution in [1.82, 2.24) is 5.32 Å². The molecular weight excluding hydrogens is 304 g/mol. The molecule has 1 amide bonds. The van der Waals surface area contributed by atoms with Crippen LogP contribution < -0.4 is 10.5 Å². The number of thiophene rings is 1. The highest BCUT2D eigenvalue weighted by atomic mass is 35.5. The molecule has 4 N–H and O–H groups in total. The van der Waals surface area contributed by atoms with Crippen LogP contribution in [0, 0.1) is 0 Å². The lowest BCUT2D eigenvalue weighted by molar-refractivity contribution is -0.136. The van der Waals surface area contributed by atoms with Crippen molar-refractivity contribution in [3.8, 4) is 0 Å². The van der Waals surface area contributed by atoms with E-state index in [-0.39, 0.29) is 27.1 Å². The Labute approximate surface area is 112 Å². The van der Waals surface area contributed by atoms with Crippen molar-refractivity contribution in [1.29, 1.82) is 0 Å². The summed E-state index contributed by atoms with van der Waals surface area (Å²) in [6.45, 7) is -0.119. The number of hydrogen-bond donors (Lipinski definition) is 3. The van der Waals surface area contributed by atoms with Gasteiger partial charge in [0.25, 0.3) is 5.91 Å².